The molecule has 1 aliphatic heterocycles. The predicted octanol–water partition coefficient (Wildman–Crippen LogP) is 4.23. The second-order valence-electron chi connectivity index (χ2n) is 10.6. The summed E-state index contributed by atoms with van der Waals surface area (Å²) < 4.78 is 11.1. The summed E-state index contributed by atoms with van der Waals surface area (Å²) in [6, 6.07) is 14.7. The minimum Gasteiger partial charge on any atom is -0.493 e. The van der Waals surface area contributed by atoms with Gasteiger partial charge >= 0.3 is 0 Å². The highest BCUT2D eigenvalue weighted by Gasteiger charge is 2.32. The molecule has 0 spiro atoms. The van der Waals surface area contributed by atoms with Crippen molar-refractivity contribution in [2.24, 2.45) is 11.3 Å². The van der Waals surface area contributed by atoms with Crippen LogP contribution in [0.3, 0.4) is 0 Å². The highest BCUT2D eigenvalue weighted by atomic mass is 16.5. The summed E-state index contributed by atoms with van der Waals surface area (Å²) in [4.78, 5) is 15.0. The Hall–Kier alpha value is -2.37. The first kappa shape index (κ1) is 22.4. The van der Waals surface area contributed by atoms with Gasteiger partial charge in [0.05, 0.1) is 19.8 Å². The third-order valence-corrected chi connectivity index (χ3v) is 7.41. The minimum atomic E-state index is 0.0893. The van der Waals surface area contributed by atoms with Crippen LogP contribution in [0.5, 0.6) is 5.75 Å². The van der Waals surface area contributed by atoms with Crippen LogP contribution >= 0.6 is 0 Å². The number of rotatable bonds is 9. The molecule has 176 valence electrons. The lowest BCUT2D eigenvalue weighted by Crippen LogP contribution is -2.47. The van der Waals surface area contributed by atoms with Gasteiger partial charge in [-0.15, -0.1) is 0 Å². The standard InChI is InChI=1S/C28H36N2O3/c1-28(18-32-19-28)17-29-15-21-5-6-24-14-25(10-7-23(24)13-21)30(2)27(31)22-8-11-26(12-9-22)33-16-20-3-4-20/h5-6,8-9,11-13,20,25,29H,3-4,7,10,14-19H2,1-2H3. The molecule has 1 N–H and O–H groups in total. The molecule has 5 heteroatoms. The van der Waals surface area contributed by atoms with Crippen LogP contribution in [0.4, 0.5) is 0 Å². The van der Waals surface area contributed by atoms with Crippen LogP contribution < -0.4 is 10.1 Å². The molecule has 0 radical (unpaired) electrons. The van der Waals surface area contributed by atoms with Crippen molar-refractivity contribution in [1.29, 1.82) is 0 Å². The van der Waals surface area contributed by atoms with Crippen molar-refractivity contribution in [1.82, 2.24) is 10.2 Å². The Balaban J connectivity index is 1.14. The van der Waals surface area contributed by atoms with E-state index in [0.717, 1.165) is 69.4 Å². The first-order valence-corrected chi connectivity index (χ1v) is 12.4. The summed E-state index contributed by atoms with van der Waals surface area (Å²) in [6.07, 6.45) is 5.50. The monoisotopic (exact) mass is 448 g/mol. The van der Waals surface area contributed by atoms with Crippen molar-refractivity contribution in [2.75, 3.05) is 33.4 Å². The maximum absolute atomic E-state index is 13.1. The van der Waals surface area contributed by atoms with Gasteiger partial charge in [-0.2, -0.15) is 0 Å². The summed E-state index contributed by atoms with van der Waals surface area (Å²) >= 11 is 0. The molecule has 1 heterocycles. The van der Waals surface area contributed by atoms with Crippen LogP contribution in [-0.2, 0) is 24.1 Å². The SMILES string of the molecule is CN(C(=O)c1ccc(OCC2CC2)cc1)C1CCc2cc(CNCC3(C)COC3)ccc2C1. The molecule has 5 rings (SSSR count). The normalized spacial score (nSPS) is 21.1. The van der Waals surface area contributed by atoms with E-state index in [0.29, 0.717) is 5.41 Å². The van der Waals surface area contributed by atoms with Crippen LogP contribution in [0.15, 0.2) is 42.5 Å². The van der Waals surface area contributed by atoms with Gasteiger partial charge in [0.15, 0.2) is 0 Å². The zero-order valence-corrected chi connectivity index (χ0v) is 19.9. The van der Waals surface area contributed by atoms with Crippen molar-refractivity contribution >= 4 is 5.91 Å². The maximum Gasteiger partial charge on any atom is 0.253 e. The summed E-state index contributed by atoms with van der Waals surface area (Å²) in [7, 11) is 1.94. The number of carbonyl (C=O) groups is 1. The van der Waals surface area contributed by atoms with E-state index < -0.39 is 0 Å². The molecule has 5 nitrogen and oxygen atoms in total. The highest BCUT2D eigenvalue weighted by molar-refractivity contribution is 5.94. The van der Waals surface area contributed by atoms with Gasteiger partial charge in [0.25, 0.3) is 5.91 Å². The van der Waals surface area contributed by atoms with Crippen molar-refractivity contribution in [3.8, 4) is 5.75 Å². The van der Waals surface area contributed by atoms with Crippen LogP contribution in [0.25, 0.3) is 0 Å². The molecular weight excluding hydrogens is 412 g/mol. The van der Waals surface area contributed by atoms with Gasteiger partial charge in [0.1, 0.15) is 5.75 Å². The lowest BCUT2D eigenvalue weighted by Gasteiger charge is -2.38. The van der Waals surface area contributed by atoms with E-state index >= 15 is 0 Å². The smallest absolute Gasteiger partial charge is 0.253 e. The summed E-state index contributed by atoms with van der Waals surface area (Å²) in [6.45, 7) is 6.66. The van der Waals surface area contributed by atoms with Gasteiger partial charge in [-0.25, -0.2) is 0 Å². The van der Waals surface area contributed by atoms with Crippen molar-refractivity contribution in [3.05, 3.63) is 64.7 Å². The number of hydrogen-bond donors (Lipinski definition) is 1. The fourth-order valence-corrected chi connectivity index (χ4v) is 4.85. The second-order valence-corrected chi connectivity index (χ2v) is 10.6. The number of nitrogens with one attached hydrogen (secondary N) is 1. The Morgan fingerprint density at radius 3 is 2.61 bits per heavy atom. The number of nitrogens with zero attached hydrogens (tertiary/aromatic N) is 1. The lowest BCUT2D eigenvalue weighted by molar-refractivity contribution is -0.0991. The van der Waals surface area contributed by atoms with E-state index in [9.17, 15) is 4.79 Å². The summed E-state index contributed by atoms with van der Waals surface area (Å²) in [5.74, 6) is 1.67. The Morgan fingerprint density at radius 2 is 1.91 bits per heavy atom. The molecule has 2 aromatic carbocycles. The molecule has 0 aromatic heterocycles. The Bertz CT molecular complexity index is 979. The third-order valence-electron chi connectivity index (χ3n) is 7.41. The largest absolute Gasteiger partial charge is 0.493 e. The van der Waals surface area contributed by atoms with E-state index in [-0.39, 0.29) is 11.9 Å². The molecule has 1 saturated heterocycles. The van der Waals surface area contributed by atoms with Crippen molar-refractivity contribution in [3.63, 3.8) is 0 Å². The van der Waals surface area contributed by atoms with Gasteiger partial charge < -0.3 is 19.7 Å². The van der Waals surface area contributed by atoms with Crippen molar-refractivity contribution in [2.45, 2.75) is 51.6 Å². The Kier molecular flexibility index (Phi) is 6.44. The van der Waals surface area contributed by atoms with Gasteiger partial charge in [-0.05, 0) is 79.0 Å². The maximum atomic E-state index is 13.1. The van der Waals surface area contributed by atoms with Gasteiger partial charge in [0.2, 0.25) is 0 Å². The molecule has 1 atom stereocenters. The third kappa shape index (κ3) is 5.42. The summed E-state index contributed by atoms with van der Waals surface area (Å²) in [5, 5.41) is 3.59. The predicted molar refractivity (Wildman–Crippen MR) is 130 cm³/mol. The van der Waals surface area contributed by atoms with E-state index in [4.69, 9.17) is 9.47 Å². The number of hydrogen-bond acceptors (Lipinski definition) is 4. The van der Waals surface area contributed by atoms with Gasteiger partial charge in [0, 0.05) is 37.2 Å². The quantitative estimate of drug-likeness (QED) is 0.624. The van der Waals surface area contributed by atoms with Crippen LogP contribution in [0.2, 0.25) is 0 Å². The minimum absolute atomic E-state index is 0.0893. The molecule has 2 fully saturated rings. The second kappa shape index (κ2) is 9.47. The van der Waals surface area contributed by atoms with E-state index in [1.807, 2.05) is 36.2 Å². The zero-order valence-electron chi connectivity index (χ0n) is 19.9. The number of aryl methyl sites for hydroxylation is 1. The molecule has 2 aromatic rings. The molecule has 1 amide bonds. The number of likely N-dealkylation sites (N-methyl/N-ethyl adjacent to an activating group) is 1. The topological polar surface area (TPSA) is 50.8 Å². The number of fused-ring (bicyclic) bond motifs is 1. The average molecular weight is 449 g/mol. The Labute approximate surface area is 197 Å². The number of amides is 1. The number of ether oxygens (including phenoxy) is 2. The van der Waals surface area contributed by atoms with E-state index in [1.54, 1.807) is 0 Å². The molecule has 0 bridgehead atoms. The first-order valence-electron chi connectivity index (χ1n) is 12.4. The lowest BCUT2D eigenvalue weighted by atomic mass is 9.86. The Morgan fingerprint density at radius 1 is 1.12 bits per heavy atom. The number of benzene rings is 2. The van der Waals surface area contributed by atoms with Crippen LogP contribution in [0, 0.1) is 11.3 Å². The van der Waals surface area contributed by atoms with Crippen LogP contribution in [-0.4, -0.2) is 50.3 Å². The average Bonchev–Trinajstić information content (AvgIpc) is 3.65. The zero-order chi connectivity index (χ0) is 22.8. The van der Waals surface area contributed by atoms with E-state index in [2.05, 4.69) is 30.4 Å². The molecule has 33 heavy (non-hydrogen) atoms. The molecular formula is C28H36N2O3. The van der Waals surface area contributed by atoms with Crippen LogP contribution in [0.1, 0.15) is 53.2 Å². The first-order chi connectivity index (χ1) is 16.0. The highest BCUT2D eigenvalue weighted by Crippen LogP contribution is 2.30. The fraction of sp³-hybridized carbons (Fsp3) is 0.536. The summed E-state index contributed by atoms with van der Waals surface area (Å²) in [5.41, 5.74) is 5.17. The molecule has 2 aliphatic carbocycles. The molecule has 3 aliphatic rings. The molecule has 1 saturated carbocycles. The van der Waals surface area contributed by atoms with Gasteiger partial charge in [-0.1, -0.05) is 25.1 Å². The molecule has 1 unspecified atom stereocenters. The fourth-order valence-electron chi connectivity index (χ4n) is 4.85. The van der Waals surface area contributed by atoms with E-state index in [1.165, 1.54) is 29.5 Å². The van der Waals surface area contributed by atoms with Crippen molar-refractivity contribution < 1.29 is 14.3 Å². The van der Waals surface area contributed by atoms with Gasteiger partial charge in [-0.3, -0.25) is 4.79 Å². The number of carbonyl (C=O) groups excluding carboxylic acids is 1.